The molecule has 1 unspecified atom stereocenters. The first-order valence-corrected chi connectivity index (χ1v) is 8.03. The summed E-state index contributed by atoms with van der Waals surface area (Å²) in [5, 5.41) is 3.40. The molecule has 1 aromatic rings. The number of benzene rings is 1. The summed E-state index contributed by atoms with van der Waals surface area (Å²) < 4.78 is 6.01. The maximum atomic E-state index is 6.01. The van der Waals surface area contributed by atoms with E-state index in [-0.39, 0.29) is 0 Å². The third-order valence-corrected chi connectivity index (χ3v) is 4.52. The van der Waals surface area contributed by atoms with E-state index in [4.69, 9.17) is 4.74 Å². The third kappa shape index (κ3) is 4.32. The molecular formula is C18H29NO. The maximum absolute atomic E-state index is 6.01. The van der Waals surface area contributed by atoms with E-state index < -0.39 is 0 Å². The summed E-state index contributed by atoms with van der Waals surface area (Å²) in [4.78, 5) is 0. The van der Waals surface area contributed by atoms with Crippen LogP contribution in [0, 0.1) is 19.8 Å². The van der Waals surface area contributed by atoms with Crippen LogP contribution in [-0.2, 0) is 4.74 Å². The quantitative estimate of drug-likeness (QED) is 0.841. The van der Waals surface area contributed by atoms with Crippen molar-refractivity contribution in [2.45, 2.75) is 52.0 Å². The van der Waals surface area contributed by atoms with Gasteiger partial charge in [-0.2, -0.15) is 0 Å². The second kappa shape index (κ2) is 7.80. The fraction of sp³-hybridized carbons (Fsp3) is 0.667. The molecule has 1 aliphatic rings. The Bertz CT molecular complexity index is 410. The summed E-state index contributed by atoms with van der Waals surface area (Å²) in [6.45, 7) is 6.04. The second-order valence-electron chi connectivity index (χ2n) is 6.24. The molecule has 2 nitrogen and oxygen atoms in total. The standard InChI is InChI=1S/C18H29NO/c1-14-9-10-15(2)17(11-14)18(19-3)13-20-12-16-7-5-4-6-8-16/h9-11,16,18-19H,4-8,12-13H2,1-3H3. The van der Waals surface area contributed by atoms with E-state index in [9.17, 15) is 0 Å². The summed E-state index contributed by atoms with van der Waals surface area (Å²) in [5.74, 6) is 0.792. The lowest BCUT2D eigenvalue weighted by Gasteiger charge is -2.24. The van der Waals surface area contributed by atoms with E-state index in [2.05, 4.69) is 37.4 Å². The average Bonchev–Trinajstić information content (AvgIpc) is 2.48. The molecule has 20 heavy (non-hydrogen) atoms. The molecule has 1 fully saturated rings. The van der Waals surface area contributed by atoms with Crippen molar-refractivity contribution in [1.82, 2.24) is 5.32 Å². The Labute approximate surface area is 123 Å². The van der Waals surface area contributed by atoms with Gasteiger partial charge in [0.1, 0.15) is 0 Å². The van der Waals surface area contributed by atoms with Crippen molar-refractivity contribution in [3.63, 3.8) is 0 Å². The zero-order valence-corrected chi connectivity index (χ0v) is 13.2. The molecule has 1 aromatic carbocycles. The molecule has 2 rings (SSSR count). The van der Waals surface area contributed by atoms with Crippen LogP contribution in [0.2, 0.25) is 0 Å². The fourth-order valence-corrected chi connectivity index (χ4v) is 3.17. The van der Waals surface area contributed by atoms with Crippen LogP contribution in [0.1, 0.15) is 54.8 Å². The highest BCUT2D eigenvalue weighted by Gasteiger charge is 2.16. The first-order valence-electron chi connectivity index (χ1n) is 8.03. The van der Waals surface area contributed by atoms with E-state index in [1.165, 1.54) is 48.8 Å². The molecule has 0 aliphatic heterocycles. The van der Waals surface area contributed by atoms with E-state index in [0.717, 1.165) is 19.1 Å². The van der Waals surface area contributed by atoms with Gasteiger partial charge in [0, 0.05) is 6.61 Å². The summed E-state index contributed by atoms with van der Waals surface area (Å²) >= 11 is 0. The van der Waals surface area contributed by atoms with E-state index in [1.54, 1.807) is 0 Å². The smallest absolute Gasteiger partial charge is 0.0661 e. The third-order valence-electron chi connectivity index (χ3n) is 4.52. The predicted molar refractivity (Wildman–Crippen MR) is 85.1 cm³/mol. The van der Waals surface area contributed by atoms with Gasteiger partial charge in [0.2, 0.25) is 0 Å². The van der Waals surface area contributed by atoms with Gasteiger partial charge in [-0.05, 0) is 50.8 Å². The Morgan fingerprint density at radius 3 is 2.65 bits per heavy atom. The fourth-order valence-electron chi connectivity index (χ4n) is 3.17. The Kier molecular flexibility index (Phi) is 6.06. The predicted octanol–water partition coefficient (Wildman–Crippen LogP) is 4.16. The summed E-state index contributed by atoms with van der Waals surface area (Å²) in [6.07, 6.45) is 6.90. The number of hydrogen-bond acceptors (Lipinski definition) is 2. The van der Waals surface area contributed by atoms with Crippen molar-refractivity contribution in [2.24, 2.45) is 5.92 Å². The molecule has 0 heterocycles. The number of ether oxygens (including phenoxy) is 1. The number of rotatable bonds is 6. The van der Waals surface area contributed by atoms with Gasteiger partial charge in [-0.3, -0.25) is 0 Å². The molecule has 112 valence electrons. The lowest BCUT2D eigenvalue weighted by Crippen LogP contribution is -2.24. The van der Waals surface area contributed by atoms with Crippen LogP contribution in [-0.4, -0.2) is 20.3 Å². The van der Waals surface area contributed by atoms with Crippen LogP contribution in [0.15, 0.2) is 18.2 Å². The van der Waals surface area contributed by atoms with Crippen molar-refractivity contribution < 1.29 is 4.74 Å². The zero-order chi connectivity index (χ0) is 14.4. The minimum atomic E-state index is 0.304. The van der Waals surface area contributed by atoms with Crippen molar-refractivity contribution in [3.05, 3.63) is 34.9 Å². The molecule has 0 amide bonds. The molecular weight excluding hydrogens is 246 g/mol. The normalized spacial score (nSPS) is 18.1. The second-order valence-corrected chi connectivity index (χ2v) is 6.24. The highest BCUT2D eigenvalue weighted by atomic mass is 16.5. The highest BCUT2D eigenvalue weighted by Crippen LogP contribution is 2.25. The highest BCUT2D eigenvalue weighted by molar-refractivity contribution is 5.33. The van der Waals surface area contributed by atoms with Gasteiger partial charge in [-0.25, -0.2) is 0 Å². The first kappa shape index (κ1) is 15.5. The lowest BCUT2D eigenvalue weighted by atomic mass is 9.90. The van der Waals surface area contributed by atoms with Gasteiger partial charge in [0.05, 0.1) is 12.6 Å². The van der Waals surface area contributed by atoms with E-state index >= 15 is 0 Å². The Morgan fingerprint density at radius 1 is 1.20 bits per heavy atom. The Hall–Kier alpha value is -0.860. The Morgan fingerprint density at radius 2 is 1.95 bits per heavy atom. The van der Waals surface area contributed by atoms with Gasteiger partial charge in [-0.1, -0.05) is 43.0 Å². The first-order chi connectivity index (χ1) is 9.70. The number of hydrogen-bond donors (Lipinski definition) is 1. The molecule has 2 heteroatoms. The number of nitrogens with one attached hydrogen (secondary N) is 1. The molecule has 0 saturated heterocycles. The van der Waals surface area contributed by atoms with Gasteiger partial charge in [-0.15, -0.1) is 0 Å². The topological polar surface area (TPSA) is 21.3 Å². The molecule has 1 atom stereocenters. The zero-order valence-electron chi connectivity index (χ0n) is 13.2. The molecule has 0 aromatic heterocycles. The van der Waals surface area contributed by atoms with Crippen molar-refractivity contribution in [1.29, 1.82) is 0 Å². The van der Waals surface area contributed by atoms with Gasteiger partial charge in [0.25, 0.3) is 0 Å². The Balaban J connectivity index is 1.86. The number of aryl methyl sites for hydroxylation is 2. The maximum Gasteiger partial charge on any atom is 0.0661 e. The SMILES string of the molecule is CNC(COCC1CCCCC1)c1cc(C)ccc1C. The summed E-state index contributed by atoms with van der Waals surface area (Å²) in [6, 6.07) is 6.96. The van der Waals surface area contributed by atoms with Crippen LogP contribution in [0.4, 0.5) is 0 Å². The van der Waals surface area contributed by atoms with Crippen LogP contribution in [0.5, 0.6) is 0 Å². The van der Waals surface area contributed by atoms with Crippen LogP contribution in [0.3, 0.4) is 0 Å². The summed E-state index contributed by atoms with van der Waals surface area (Å²) in [7, 11) is 2.02. The molecule has 1 N–H and O–H groups in total. The van der Waals surface area contributed by atoms with Gasteiger partial charge >= 0.3 is 0 Å². The molecule has 0 spiro atoms. The van der Waals surface area contributed by atoms with Crippen molar-refractivity contribution in [2.75, 3.05) is 20.3 Å². The van der Waals surface area contributed by atoms with Crippen LogP contribution < -0.4 is 5.32 Å². The van der Waals surface area contributed by atoms with Crippen LogP contribution >= 0.6 is 0 Å². The monoisotopic (exact) mass is 275 g/mol. The average molecular weight is 275 g/mol. The minimum Gasteiger partial charge on any atom is -0.379 e. The molecule has 1 saturated carbocycles. The molecule has 1 aliphatic carbocycles. The largest absolute Gasteiger partial charge is 0.379 e. The molecule has 0 bridgehead atoms. The lowest BCUT2D eigenvalue weighted by molar-refractivity contribution is 0.0706. The van der Waals surface area contributed by atoms with Crippen molar-refractivity contribution >= 4 is 0 Å². The minimum absolute atomic E-state index is 0.304. The van der Waals surface area contributed by atoms with Gasteiger partial charge in [0.15, 0.2) is 0 Å². The van der Waals surface area contributed by atoms with E-state index in [0.29, 0.717) is 6.04 Å². The van der Waals surface area contributed by atoms with E-state index in [1.807, 2.05) is 7.05 Å². The number of likely N-dealkylation sites (N-methyl/N-ethyl adjacent to an activating group) is 1. The summed E-state index contributed by atoms with van der Waals surface area (Å²) in [5.41, 5.74) is 4.03. The molecule has 0 radical (unpaired) electrons. The van der Waals surface area contributed by atoms with Crippen LogP contribution in [0.25, 0.3) is 0 Å². The van der Waals surface area contributed by atoms with Gasteiger partial charge < -0.3 is 10.1 Å². The van der Waals surface area contributed by atoms with Crippen molar-refractivity contribution in [3.8, 4) is 0 Å².